The normalized spacial score (nSPS) is 23.6. The predicted molar refractivity (Wildman–Crippen MR) is 83.0 cm³/mol. The first-order chi connectivity index (χ1) is 12.6. The van der Waals surface area contributed by atoms with E-state index in [2.05, 4.69) is 0 Å². The molecule has 1 amide bonds. The summed E-state index contributed by atoms with van der Waals surface area (Å²) in [5.41, 5.74) is -2.19. The number of nitrogens with zero attached hydrogens (tertiary/aromatic N) is 1. The van der Waals surface area contributed by atoms with Gasteiger partial charge in [-0.3, -0.25) is 9.69 Å². The molecule has 0 aromatic heterocycles. The molecule has 156 valence electrons. The highest BCUT2D eigenvalue weighted by atomic mass is 19.4. The van der Waals surface area contributed by atoms with Crippen molar-refractivity contribution < 1.29 is 45.8 Å². The molecule has 1 heterocycles. The third-order valence-electron chi connectivity index (χ3n) is 4.22. The molecule has 0 spiro atoms. The van der Waals surface area contributed by atoms with E-state index < -0.39 is 71.3 Å². The van der Waals surface area contributed by atoms with Crippen molar-refractivity contribution in [3.8, 4) is 0 Å². The van der Waals surface area contributed by atoms with Crippen molar-refractivity contribution in [2.75, 3.05) is 0 Å². The molecule has 11 heteroatoms. The third kappa shape index (κ3) is 4.23. The zero-order valence-electron chi connectivity index (χ0n) is 15.0. The lowest BCUT2D eigenvalue weighted by atomic mass is 9.88. The topological polar surface area (TPSA) is 66.8 Å². The first-order valence-electron chi connectivity index (χ1n) is 8.06. The number of ether oxygens (including phenoxy) is 1. The number of carboxylic acid groups (broad SMARTS) is 1. The van der Waals surface area contributed by atoms with Crippen LogP contribution >= 0.6 is 0 Å². The summed E-state index contributed by atoms with van der Waals surface area (Å²) in [4.78, 5) is 24.3. The Morgan fingerprint density at radius 3 is 2.21 bits per heavy atom. The van der Waals surface area contributed by atoms with Gasteiger partial charge >= 0.3 is 12.3 Å². The van der Waals surface area contributed by atoms with Crippen molar-refractivity contribution in [2.24, 2.45) is 0 Å². The van der Waals surface area contributed by atoms with Crippen LogP contribution in [-0.4, -0.2) is 45.7 Å². The summed E-state index contributed by atoms with van der Waals surface area (Å²) in [6, 6.07) is -1.04. The molecule has 1 aliphatic heterocycles. The summed E-state index contributed by atoms with van der Waals surface area (Å²) in [5, 5.41) is 9.51. The number of alkyl halides is 3. The Bertz CT molecular complexity index is 789. The molecule has 0 saturated carbocycles. The molecule has 1 aromatic carbocycles. The van der Waals surface area contributed by atoms with Gasteiger partial charge in [0.25, 0.3) is 0 Å². The van der Waals surface area contributed by atoms with E-state index in [0.717, 1.165) is 0 Å². The monoisotopic (exact) mass is 413 g/mol. The second kappa shape index (κ2) is 7.26. The largest absolute Gasteiger partial charge is 0.465 e. The van der Waals surface area contributed by atoms with Gasteiger partial charge in [0.2, 0.25) is 6.10 Å². The van der Waals surface area contributed by atoms with Gasteiger partial charge in [-0.1, -0.05) is 0 Å². The van der Waals surface area contributed by atoms with Crippen LogP contribution in [0.1, 0.15) is 38.9 Å². The number of hydrogen-bond donors (Lipinski definition) is 1. The number of rotatable bonds is 2. The molecule has 0 aliphatic carbocycles. The third-order valence-corrected chi connectivity index (χ3v) is 4.22. The van der Waals surface area contributed by atoms with Crippen molar-refractivity contribution in [3.63, 3.8) is 0 Å². The number of halogens is 6. The van der Waals surface area contributed by atoms with Gasteiger partial charge in [0, 0.05) is 23.6 Å². The Morgan fingerprint density at radius 1 is 1.18 bits per heavy atom. The van der Waals surface area contributed by atoms with Crippen LogP contribution in [0.3, 0.4) is 0 Å². The minimum absolute atomic E-state index is 0.182. The Hall–Kier alpha value is -2.30. The smallest absolute Gasteiger partial charge is 0.421 e. The number of carbonyl (C=O) groups is 2. The van der Waals surface area contributed by atoms with Crippen LogP contribution in [0.15, 0.2) is 12.1 Å². The first kappa shape index (κ1) is 22.0. The van der Waals surface area contributed by atoms with Crippen LogP contribution in [0.4, 0.5) is 31.1 Å². The molecule has 0 radical (unpaired) electrons. The van der Waals surface area contributed by atoms with Gasteiger partial charge < -0.3 is 9.84 Å². The zero-order valence-corrected chi connectivity index (χ0v) is 15.0. The lowest BCUT2D eigenvalue weighted by Crippen LogP contribution is -2.59. The lowest BCUT2D eigenvalue weighted by molar-refractivity contribution is -0.245. The van der Waals surface area contributed by atoms with E-state index >= 15 is 0 Å². The van der Waals surface area contributed by atoms with E-state index in [-0.39, 0.29) is 6.07 Å². The minimum Gasteiger partial charge on any atom is -0.465 e. The molecule has 1 aromatic rings. The van der Waals surface area contributed by atoms with Crippen LogP contribution in [-0.2, 0) is 9.53 Å². The first-order valence-corrected chi connectivity index (χ1v) is 8.06. The number of benzene rings is 1. The fourth-order valence-corrected chi connectivity index (χ4v) is 3.21. The van der Waals surface area contributed by atoms with E-state index in [1.165, 1.54) is 20.8 Å². The van der Waals surface area contributed by atoms with E-state index in [9.17, 15) is 41.0 Å². The van der Waals surface area contributed by atoms with E-state index in [1.807, 2.05) is 0 Å². The summed E-state index contributed by atoms with van der Waals surface area (Å²) < 4.78 is 85.7. The van der Waals surface area contributed by atoms with Crippen LogP contribution in [0.5, 0.6) is 0 Å². The van der Waals surface area contributed by atoms with Crippen molar-refractivity contribution >= 4 is 11.9 Å². The van der Waals surface area contributed by atoms with Crippen molar-refractivity contribution in [2.45, 2.75) is 57.2 Å². The van der Waals surface area contributed by atoms with Crippen molar-refractivity contribution in [1.29, 1.82) is 0 Å². The van der Waals surface area contributed by atoms with Crippen LogP contribution in [0.2, 0.25) is 0 Å². The van der Waals surface area contributed by atoms with Gasteiger partial charge in [-0.15, -0.1) is 0 Å². The maximum atomic E-state index is 14.3. The minimum atomic E-state index is -5.17. The highest BCUT2D eigenvalue weighted by molar-refractivity contribution is 5.86. The summed E-state index contributed by atoms with van der Waals surface area (Å²) >= 11 is 0. The molecular formula is C17H17F6NO4. The SMILES string of the molecule is CC(C)(C)N(C(=O)O)[C@H]1CC(=O)C(C(F)(F)F)O[C@@H]1c1cc(F)cc(F)c1F. The second-order valence-electron chi connectivity index (χ2n) is 7.33. The Labute approximate surface area is 155 Å². The van der Waals surface area contributed by atoms with Crippen LogP contribution < -0.4 is 0 Å². The highest BCUT2D eigenvalue weighted by Gasteiger charge is 2.55. The quantitative estimate of drug-likeness (QED) is 0.583. The molecule has 1 saturated heterocycles. The van der Waals surface area contributed by atoms with Gasteiger partial charge in [-0.2, -0.15) is 13.2 Å². The highest BCUT2D eigenvalue weighted by Crippen LogP contribution is 2.41. The molecule has 1 fully saturated rings. The second-order valence-corrected chi connectivity index (χ2v) is 7.33. The summed E-state index contributed by atoms with van der Waals surface area (Å²) in [6.45, 7) is 4.17. The maximum absolute atomic E-state index is 14.3. The fraction of sp³-hybridized carbons (Fsp3) is 0.529. The number of hydrogen-bond acceptors (Lipinski definition) is 3. The molecule has 3 atom stereocenters. The average Bonchev–Trinajstić information content (AvgIpc) is 2.48. The van der Waals surface area contributed by atoms with Crippen LogP contribution in [0.25, 0.3) is 0 Å². The molecule has 28 heavy (non-hydrogen) atoms. The van der Waals surface area contributed by atoms with Gasteiger partial charge in [-0.25, -0.2) is 18.0 Å². The Kier molecular flexibility index (Phi) is 5.71. The van der Waals surface area contributed by atoms with E-state index in [0.29, 0.717) is 11.0 Å². The Balaban J connectivity index is 2.66. The van der Waals surface area contributed by atoms with Gasteiger partial charge in [-0.05, 0) is 26.8 Å². The van der Waals surface area contributed by atoms with Crippen molar-refractivity contribution in [3.05, 3.63) is 35.1 Å². The molecule has 1 aliphatic rings. The summed E-state index contributed by atoms with van der Waals surface area (Å²) in [6.07, 6.45) is -12.8. The van der Waals surface area contributed by atoms with Gasteiger partial charge in [0.1, 0.15) is 11.9 Å². The molecule has 1 unspecified atom stereocenters. The van der Waals surface area contributed by atoms with E-state index in [4.69, 9.17) is 4.74 Å². The zero-order chi connectivity index (χ0) is 21.6. The molecule has 1 N–H and O–H groups in total. The lowest BCUT2D eigenvalue weighted by Gasteiger charge is -2.46. The summed E-state index contributed by atoms with van der Waals surface area (Å²) in [5.74, 6) is -6.14. The fourth-order valence-electron chi connectivity index (χ4n) is 3.21. The van der Waals surface area contributed by atoms with Gasteiger partial charge in [0.05, 0.1) is 6.04 Å². The molecule has 5 nitrogen and oxygen atoms in total. The Morgan fingerprint density at radius 2 is 1.75 bits per heavy atom. The number of ketones is 1. The molecular weight excluding hydrogens is 396 g/mol. The standard InChI is InChI=1S/C17H17F6NO4/c1-16(2,3)24(15(26)27)10-6-11(25)14(17(21,22)23)28-13(10)8-4-7(18)5-9(19)12(8)20/h4-5,10,13-14H,6H2,1-3H3,(H,26,27)/t10-,13+,14?/m0/s1. The maximum Gasteiger partial charge on any atom is 0.421 e. The summed E-state index contributed by atoms with van der Waals surface area (Å²) in [7, 11) is 0. The van der Waals surface area contributed by atoms with Gasteiger partial charge in [0.15, 0.2) is 17.4 Å². The predicted octanol–water partition coefficient (Wildman–Crippen LogP) is 4.21. The number of Topliss-reactive ketones (excluding diaryl/α,β-unsaturated/α-hetero) is 1. The van der Waals surface area contributed by atoms with E-state index in [1.54, 1.807) is 0 Å². The average molecular weight is 413 g/mol. The molecule has 2 rings (SSSR count). The number of amides is 1. The molecule has 0 bridgehead atoms. The number of carbonyl (C=O) groups excluding carboxylic acids is 1. The van der Waals surface area contributed by atoms with Crippen LogP contribution in [0, 0.1) is 17.5 Å². The van der Waals surface area contributed by atoms with Crippen molar-refractivity contribution in [1.82, 2.24) is 4.90 Å².